The number of aromatic nitrogens is 3. The fourth-order valence-electron chi connectivity index (χ4n) is 4.34. The molecule has 1 aliphatic heterocycles. The van der Waals surface area contributed by atoms with Gasteiger partial charge in [0, 0.05) is 31.4 Å². The number of halogens is 1. The summed E-state index contributed by atoms with van der Waals surface area (Å²) < 4.78 is 7.77. The highest BCUT2D eigenvalue weighted by molar-refractivity contribution is 6.31. The van der Waals surface area contributed by atoms with Crippen molar-refractivity contribution < 1.29 is 9.53 Å². The molecule has 1 fully saturated rings. The van der Waals surface area contributed by atoms with Gasteiger partial charge in [-0.1, -0.05) is 18.2 Å². The van der Waals surface area contributed by atoms with E-state index in [1.165, 1.54) is 6.08 Å². The largest absolute Gasteiger partial charge is 0.438 e. The van der Waals surface area contributed by atoms with Gasteiger partial charge in [-0.25, -0.2) is 9.97 Å². The lowest BCUT2D eigenvalue weighted by Crippen LogP contribution is -2.26. The van der Waals surface area contributed by atoms with Gasteiger partial charge in [0.25, 0.3) is 0 Å². The lowest BCUT2D eigenvalue weighted by atomic mass is 9.99. The topological polar surface area (TPSA) is 85.8 Å². The number of ether oxygens (including phenoxy) is 1. The number of hydrogen-bond acceptors (Lipinski definition) is 5. The van der Waals surface area contributed by atoms with Crippen LogP contribution in [0.5, 0.6) is 11.6 Å². The van der Waals surface area contributed by atoms with Crippen molar-refractivity contribution in [1.29, 1.82) is 0 Å². The molecule has 33 heavy (non-hydrogen) atoms. The lowest BCUT2D eigenvalue weighted by molar-refractivity contribution is -0.125. The number of benzene rings is 1. The molecule has 4 heterocycles. The molecule has 1 aliphatic rings. The summed E-state index contributed by atoms with van der Waals surface area (Å²) in [6.45, 7) is 4.97. The van der Waals surface area contributed by atoms with Crippen LogP contribution in [0.1, 0.15) is 17.9 Å². The van der Waals surface area contributed by atoms with E-state index in [0.717, 1.165) is 28.8 Å². The molecule has 1 atom stereocenters. The molecule has 166 valence electrons. The lowest BCUT2D eigenvalue weighted by Gasteiger charge is -2.14. The third kappa shape index (κ3) is 3.91. The van der Waals surface area contributed by atoms with Gasteiger partial charge in [-0.3, -0.25) is 9.20 Å². The third-order valence-corrected chi connectivity index (χ3v) is 6.23. The molecule has 0 saturated carbocycles. The Morgan fingerprint density at radius 3 is 2.76 bits per heavy atom. The summed E-state index contributed by atoms with van der Waals surface area (Å²) in [5.74, 6) is 1.57. The Balaban J connectivity index is 1.49. The molecule has 0 spiro atoms. The van der Waals surface area contributed by atoms with E-state index in [0.29, 0.717) is 35.7 Å². The Morgan fingerprint density at radius 2 is 2.00 bits per heavy atom. The second-order valence-corrected chi connectivity index (χ2v) is 8.31. The molecule has 1 aromatic carbocycles. The second-order valence-electron chi connectivity index (χ2n) is 7.90. The maximum absolute atomic E-state index is 12.1. The summed E-state index contributed by atoms with van der Waals surface area (Å²) in [4.78, 5) is 22.4. The molecule has 4 aromatic rings. The molecule has 0 bridgehead atoms. The first-order chi connectivity index (χ1) is 16.0. The molecule has 3 aromatic heterocycles. The van der Waals surface area contributed by atoms with E-state index in [2.05, 4.69) is 22.6 Å². The molecule has 8 heteroatoms. The first-order valence-electron chi connectivity index (χ1n) is 10.6. The van der Waals surface area contributed by atoms with Crippen LogP contribution in [0.3, 0.4) is 0 Å². The van der Waals surface area contributed by atoms with Crippen molar-refractivity contribution in [3.8, 4) is 22.9 Å². The zero-order valence-corrected chi connectivity index (χ0v) is 18.6. The van der Waals surface area contributed by atoms with E-state index < -0.39 is 0 Å². The summed E-state index contributed by atoms with van der Waals surface area (Å²) in [6.07, 6.45) is 5.60. The van der Waals surface area contributed by atoms with Gasteiger partial charge in [0.1, 0.15) is 10.8 Å². The summed E-state index contributed by atoms with van der Waals surface area (Å²) in [6, 6.07) is 15.3. The SMILES string of the molecule is C=CC(=O)N1CCC(c2cc(-c3ccc(Oc4ncccc4Cl)cc3)n3c(N)nccc23)C1. The summed E-state index contributed by atoms with van der Waals surface area (Å²) in [7, 11) is 0. The van der Waals surface area contributed by atoms with Gasteiger partial charge < -0.3 is 15.4 Å². The zero-order chi connectivity index (χ0) is 22.9. The van der Waals surface area contributed by atoms with Gasteiger partial charge in [-0.2, -0.15) is 0 Å². The number of amides is 1. The summed E-state index contributed by atoms with van der Waals surface area (Å²) in [5, 5.41) is 0.447. The van der Waals surface area contributed by atoms with E-state index >= 15 is 0 Å². The van der Waals surface area contributed by atoms with Gasteiger partial charge in [-0.15, -0.1) is 0 Å². The molecule has 2 N–H and O–H groups in total. The van der Waals surface area contributed by atoms with Crippen molar-refractivity contribution in [2.24, 2.45) is 0 Å². The van der Waals surface area contributed by atoms with E-state index in [-0.39, 0.29) is 11.8 Å². The van der Waals surface area contributed by atoms with Gasteiger partial charge in [-0.05, 0) is 72.2 Å². The number of nitrogens with two attached hydrogens (primary N) is 1. The number of nitrogens with zero attached hydrogens (tertiary/aromatic N) is 4. The summed E-state index contributed by atoms with van der Waals surface area (Å²) in [5.41, 5.74) is 10.3. The van der Waals surface area contributed by atoms with Crippen LogP contribution >= 0.6 is 11.6 Å². The number of hydrogen-bond donors (Lipinski definition) is 1. The number of fused-ring (bicyclic) bond motifs is 1. The highest BCUT2D eigenvalue weighted by Gasteiger charge is 2.29. The van der Waals surface area contributed by atoms with Gasteiger partial charge in [0.2, 0.25) is 17.7 Å². The number of nitrogen functional groups attached to an aromatic ring is 1. The van der Waals surface area contributed by atoms with E-state index in [4.69, 9.17) is 22.1 Å². The predicted octanol–water partition coefficient (Wildman–Crippen LogP) is 4.93. The minimum absolute atomic E-state index is 0.0361. The number of anilines is 1. The Hall–Kier alpha value is -3.84. The van der Waals surface area contributed by atoms with Crippen molar-refractivity contribution >= 4 is 29.0 Å². The van der Waals surface area contributed by atoms with Crippen LogP contribution in [0.4, 0.5) is 5.95 Å². The Bertz CT molecular complexity index is 1350. The van der Waals surface area contributed by atoms with Crippen molar-refractivity contribution in [2.75, 3.05) is 18.8 Å². The standard InChI is InChI=1S/C25H22ClN5O2/c1-2-23(32)30-13-10-17(15-30)19-14-22(31-21(19)9-12-29-25(31)27)16-5-7-18(8-6-16)33-24-20(26)4-3-11-28-24/h2-9,11-12,14,17H,1,10,13,15H2,(H2,27,29). The number of likely N-dealkylation sites (tertiary alicyclic amines) is 1. The summed E-state index contributed by atoms with van der Waals surface area (Å²) >= 11 is 6.15. The molecule has 5 rings (SSSR count). The average Bonchev–Trinajstić information content (AvgIpc) is 3.47. The van der Waals surface area contributed by atoms with Gasteiger partial charge in [0.05, 0.1) is 11.2 Å². The van der Waals surface area contributed by atoms with Crippen molar-refractivity contribution in [3.05, 3.63) is 84.2 Å². The maximum atomic E-state index is 12.1. The first kappa shape index (κ1) is 21.0. The number of carbonyl (C=O) groups is 1. The molecular formula is C25H22ClN5O2. The minimum Gasteiger partial charge on any atom is -0.438 e. The van der Waals surface area contributed by atoms with Crippen molar-refractivity contribution in [1.82, 2.24) is 19.3 Å². The number of pyridine rings is 1. The molecule has 0 aliphatic carbocycles. The highest BCUT2D eigenvalue weighted by atomic mass is 35.5. The second kappa shape index (κ2) is 8.60. The van der Waals surface area contributed by atoms with Crippen LogP contribution in [-0.4, -0.2) is 38.3 Å². The quantitative estimate of drug-likeness (QED) is 0.428. The van der Waals surface area contributed by atoms with E-state index in [1.54, 1.807) is 24.5 Å². The van der Waals surface area contributed by atoms with E-state index in [1.807, 2.05) is 39.6 Å². The average molecular weight is 460 g/mol. The molecule has 1 amide bonds. The van der Waals surface area contributed by atoms with Crippen LogP contribution in [0.2, 0.25) is 5.02 Å². The Kier molecular flexibility index (Phi) is 5.48. The number of rotatable bonds is 5. The Morgan fingerprint density at radius 1 is 1.18 bits per heavy atom. The van der Waals surface area contributed by atoms with Gasteiger partial charge >= 0.3 is 0 Å². The third-order valence-electron chi connectivity index (χ3n) is 5.94. The maximum Gasteiger partial charge on any atom is 0.245 e. The number of carbonyl (C=O) groups excluding carboxylic acids is 1. The monoisotopic (exact) mass is 459 g/mol. The normalized spacial score (nSPS) is 15.7. The first-order valence-corrected chi connectivity index (χ1v) is 11.0. The highest BCUT2D eigenvalue weighted by Crippen LogP contribution is 2.37. The van der Waals surface area contributed by atoms with Crippen LogP contribution in [0, 0.1) is 0 Å². The zero-order valence-electron chi connectivity index (χ0n) is 17.8. The molecule has 1 saturated heterocycles. The van der Waals surface area contributed by atoms with Gasteiger partial charge in [0.15, 0.2) is 0 Å². The van der Waals surface area contributed by atoms with Crippen molar-refractivity contribution in [2.45, 2.75) is 12.3 Å². The molecular weight excluding hydrogens is 438 g/mol. The fourth-order valence-corrected chi connectivity index (χ4v) is 4.50. The van der Waals surface area contributed by atoms with Crippen LogP contribution in [0.15, 0.2) is 73.6 Å². The molecule has 0 radical (unpaired) electrons. The van der Waals surface area contributed by atoms with Crippen LogP contribution < -0.4 is 10.5 Å². The van der Waals surface area contributed by atoms with Crippen LogP contribution in [0.25, 0.3) is 16.8 Å². The Labute approximate surface area is 196 Å². The fraction of sp³-hybridized carbons (Fsp3) is 0.160. The smallest absolute Gasteiger partial charge is 0.245 e. The minimum atomic E-state index is -0.0361. The van der Waals surface area contributed by atoms with Crippen molar-refractivity contribution in [3.63, 3.8) is 0 Å². The van der Waals surface area contributed by atoms with E-state index in [9.17, 15) is 4.79 Å². The van der Waals surface area contributed by atoms with Crippen LogP contribution in [-0.2, 0) is 4.79 Å². The molecule has 7 nitrogen and oxygen atoms in total. The predicted molar refractivity (Wildman–Crippen MR) is 128 cm³/mol. The molecule has 1 unspecified atom stereocenters.